The first kappa shape index (κ1) is 17.0. The van der Waals surface area contributed by atoms with Crippen LogP contribution in [0.15, 0.2) is 0 Å². The quantitative estimate of drug-likeness (QED) is 0.209. The van der Waals surface area contributed by atoms with E-state index in [4.69, 9.17) is 19.1 Å². The number of nitrogens with two attached hydrogens (primary N) is 1. The molecule has 0 bridgehead atoms. The van der Waals surface area contributed by atoms with E-state index in [1.54, 1.807) is 21.3 Å². The van der Waals surface area contributed by atoms with Gasteiger partial charge in [-0.2, -0.15) is 5.53 Å². The minimum atomic E-state index is -2.34. The predicted octanol–water partition coefficient (Wildman–Crippen LogP) is 0.783. The van der Waals surface area contributed by atoms with E-state index in [0.29, 0.717) is 0 Å². The number of nitrogens with one attached hydrogen (secondary N) is 2. The molecule has 0 unspecified atom stereocenters. The Labute approximate surface area is 105 Å². The molecule has 0 aliphatic carbocycles. The Kier molecular flexibility index (Phi) is 11.1. The highest BCUT2D eigenvalue weighted by Crippen LogP contribution is 2.17. The van der Waals surface area contributed by atoms with Crippen molar-refractivity contribution in [2.75, 3.05) is 27.9 Å². The highest BCUT2D eigenvalue weighted by atomic mass is 28.4. The monoisotopic (exact) mass is 265 g/mol. The van der Waals surface area contributed by atoms with Gasteiger partial charge < -0.3 is 13.3 Å². The van der Waals surface area contributed by atoms with Crippen molar-refractivity contribution in [2.45, 2.75) is 38.1 Å². The van der Waals surface area contributed by atoms with Gasteiger partial charge in [-0.15, -0.1) is 0 Å². The first-order chi connectivity index (χ1) is 8.24. The lowest BCUT2D eigenvalue weighted by Gasteiger charge is -2.24. The van der Waals surface area contributed by atoms with Crippen LogP contribution in [0.4, 0.5) is 0 Å². The zero-order chi connectivity index (χ0) is 13.0. The molecule has 0 atom stereocenters. The Hall–Kier alpha value is -0.0231. The van der Waals surface area contributed by atoms with E-state index in [1.807, 2.05) is 0 Å². The van der Waals surface area contributed by atoms with Crippen LogP contribution in [0.1, 0.15) is 32.1 Å². The van der Waals surface area contributed by atoms with Gasteiger partial charge in [-0.05, 0) is 12.8 Å². The van der Waals surface area contributed by atoms with E-state index in [0.717, 1.165) is 25.4 Å². The standard InChI is InChI=1S/C10H27N3O3Si/c1-14-17(15-2,16-3)10-8-6-4-5-7-9-12-13-11/h12-13H,4-11H2,1-3H3. The van der Waals surface area contributed by atoms with Crippen molar-refractivity contribution in [1.82, 2.24) is 11.0 Å². The summed E-state index contributed by atoms with van der Waals surface area (Å²) in [6.45, 7) is 0.906. The number of hydrogen-bond donors (Lipinski definition) is 3. The third-order valence-electron chi connectivity index (χ3n) is 2.82. The van der Waals surface area contributed by atoms with Crippen LogP contribution in [0.5, 0.6) is 0 Å². The minimum Gasteiger partial charge on any atom is -0.377 e. The van der Waals surface area contributed by atoms with Crippen molar-refractivity contribution in [3.63, 3.8) is 0 Å². The molecule has 0 spiro atoms. The highest BCUT2D eigenvalue weighted by Gasteiger charge is 2.36. The molecule has 0 radical (unpaired) electrons. The van der Waals surface area contributed by atoms with Gasteiger partial charge in [0, 0.05) is 33.9 Å². The Morgan fingerprint density at radius 2 is 1.41 bits per heavy atom. The van der Waals surface area contributed by atoms with E-state index in [-0.39, 0.29) is 0 Å². The largest absolute Gasteiger partial charge is 0.500 e. The maximum absolute atomic E-state index is 5.36. The summed E-state index contributed by atoms with van der Waals surface area (Å²) < 4.78 is 16.1. The number of hydrogen-bond acceptors (Lipinski definition) is 6. The molecule has 4 N–H and O–H groups in total. The smallest absolute Gasteiger partial charge is 0.377 e. The second-order valence-corrected chi connectivity index (χ2v) is 6.98. The molecule has 0 rings (SSSR count). The second kappa shape index (κ2) is 11.1. The molecule has 0 aromatic heterocycles. The molecular weight excluding hydrogens is 238 g/mol. The lowest BCUT2D eigenvalue weighted by Crippen LogP contribution is -2.42. The van der Waals surface area contributed by atoms with Crippen LogP contribution in [-0.2, 0) is 13.3 Å². The first-order valence-corrected chi connectivity index (χ1v) is 8.01. The van der Waals surface area contributed by atoms with Gasteiger partial charge in [0.05, 0.1) is 0 Å². The Balaban J connectivity index is 3.43. The molecule has 0 fully saturated rings. The maximum Gasteiger partial charge on any atom is 0.500 e. The average molecular weight is 265 g/mol. The molecule has 0 saturated heterocycles. The fraction of sp³-hybridized carbons (Fsp3) is 1.00. The zero-order valence-corrected chi connectivity index (χ0v) is 12.3. The third-order valence-corrected chi connectivity index (χ3v) is 5.65. The molecule has 0 aromatic carbocycles. The number of hydrazine groups is 2. The van der Waals surface area contributed by atoms with Crippen LogP contribution in [-0.4, -0.2) is 36.7 Å². The van der Waals surface area contributed by atoms with Crippen LogP contribution < -0.4 is 16.8 Å². The lowest BCUT2D eigenvalue weighted by atomic mass is 10.1. The Morgan fingerprint density at radius 1 is 0.882 bits per heavy atom. The van der Waals surface area contributed by atoms with E-state index < -0.39 is 8.80 Å². The van der Waals surface area contributed by atoms with E-state index in [9.17, 15) is 0 Å². The summed E-state index contributed by atoms with van der Waals surface area (Å²) in [6.07, 6.45) is 5.82. The van der Waals surface area contributed by atoms with Crippen LogP contribution in [0, 0.1) is 0 Å². The summed E-state index contributed by atoms with van der Waals surface area (Å²) in [5.41, 5.74) is 5.28. The molecule has 0 aliphatic heterocycles. The molecule has 104 valence electrons. The van der Waals surface area contributed by atoms with Gasteiger partial charge in [0.2, 0.25) is 0 Å². The highest BCUT2D eigenvalue weighted by molar-refractivity contribution is 6.60. The van der Waals surface area contributed by atoms with Gasteiger partial charge in [-0.25, -0.2) is 5.43 Å². The van der Waals surface area contributed by atoms with Crippen molar-refractivity contribution in [3.8, 4) is 0 Å². The normalized spacial score (nSPS) is 12.0. The zero-order valence-electron chi connectivity index (χ0n) is 11.3. The average Bonchev–Trinajstić information content (AvgIpc) is 2.38. The van der Waals surface area contributed by atoms with Crippen LogP contribution in [0.25, 0.3) is 0 Å². The van der Waals surface area contributed by atoms with Gasteiger partial charge in [0.25, 0.3) is 0 Å². The van der Waals surface area contributed by atoms with Crippen molar-refractivity contribution in [1.29, 1.82) is 0 Å². The topological polar surface area (TPSA) is 77.8 Å². The van der Waals surface area contributed by atoms with Crippen LogP contribution in [0.3, 0.4) is 0 Å². The molecule has 0 amide bonds. The lowest BCUT2D eigenvalue weighted by molar-refractivity contribution is 0.122. The van der Waals surface area contributed by atoms with Gasteiger partial charge >= 0.3 is 8.80 Å². The Bertz CT molecular complexity index is 163. The predicted molar refractivity (Wildman–Crippen MR) is 70.0 cm³/mol. The molecular formula is C10H27N3O3Si. The summed E-state index contributed by atoms with van der Waals surface area (Å²) in [6, 6.07) is 0.888. The maximum atomic E-state index is 5.36. The van der Waals surface area contributed by atoms with Gasteiger partial charge in [-0.1, -0.05) is 19.3 Å². The van der Waals surface area contributed by atoms with E-state index >= 15 is 0 Å². The molecule has 0 aromatic rings. The molecule has 0 saturated carbocycles. The number of unbranched alkanes of at least 4 members (excludes halogenated alkanes) is 4. The van der Waals surface area contributed by atoms with Gasteiger partial charge in [-0.3, -0.25) is 5.84 Å². The Morgan fingerprint density at radius 3 is 1.94 bits per heavy atom. The first-order valence-electron chi connectivity index (χ1n) is 6.08. The minimum absolute atomic E-state index is 0.888. The summed E-state index contributed by atoms with van der Waals surface area (Å²) in [5.74, 6) is 5.09. The van der Waals surface area contributed by atoms with Crippen LogP contribution in [0.2, 0.25) is 6.04 Å². The van der Waals surface area contributed by atoms with Crippen molar-refractivity contribution < 1.29 is 13.3 Å². The van der Waals surface area contributed by atoms with Gasteiger partial charge in [0.15, 0.2) is 0 Å². The number of rotatable bonds is 12. The molecule has 0 heterocycles. The molecule has 0 aliphatic rings. The SMILES string of the molecule is CO[Si](CCCCCCCNNN)(OC)OC. The van der Waals surface area contributed by atoms with E-state index in [2.05, 4.69) is 11.0 Å². The molecule has 17 heavy (non-hydrogen) atoms. The summed E-state index contributed by atoms with van der Waals surface area (Å²) in [4.78, 5) is 0. The van der Waals surface area contributed by atoms with Gasteiger partial charge in [0.1, 0.15) is 0 Å². The second-order valence-electron chi connectivity index (χ2n) is 3.88. The van der Waals surface area contributed by atoms with Crippen molar-refractivity contribution >= 4 is 8.80 Å². The summed E-state index contributed by atoms with van der Waals surface area (Å²) in [5, 5.41) is 0. The fourth-order valence-corrected chi connectivity index (χ4v) is 3.51. The third kappa shape index (κ3) is 7.82. The molecule has 7 heteroatoms. The summed E-state index contributed by atoms with van der Waals surface area (Å²) in [7, 11) is 2.63. The fourth-order valence-electron chi connectivity index (χ4n) is 1.71. The molecule has 6 nitrogen and oxygen atoms in total. The van der Waals surface area contributed by atoms with Crippen molar-refractivity contribution in [2.24, 2.45) is 5.84 Å². The van der Waals surface area contributed by atoms with Crippen LogP contribution >= 0.6 is 0 Å². The summed E-state index contributed by atoms with van der Waals surface area (Å²) >= 11 is 0. The van der Waals surface area contributed by atoms with Crippen molar-refractivity contribution in [3.05, 3.63) is 0 Å². The van der Waals surface area contributed by atoms with E-state index in [1.165, 1.54) is 19.3 Å².